The lowest BCUT2D eigenvalue weighted by molar-refractivity contribution is -0.115. The molecule has 1 aromatic heterocycles. The Hall–Kier alpha value is -2.91. The molecule has 0 spiro atoms. The third kappa shape index (κ3) is 4.09. The molecule has 0 radical (unpaired) electrons. The van der Waals surface area contributed by atoms with E-state index in [0.29, 0.717) is 26.3 Å². The number of thiocarbonyl (C=S) groups is 1. The van der Waals surface area contributed by atoms with E-state index in [1.165, 1.54) is 20.3 Å². The van der Waals surface area contributed by atoms with Gasteiger partial charge < -0.3 is 19.2 Å². The summed E-state index contributed by atoms with van der Waals surface area (Å²) in [7, 11) is 2.50. The normalized spacial score (nSPS) is 15.0. The van der Waals surface area contributed by atoms with Crippen LogP contribution < -0.4 is 5.32 Å². The van der Waals surface area contributed by atoms with Gasteiger partial charge in [-0.05, 0) is 30.3 Å². The summed E-state index contributed by atoms with van der Waals surface area (Å²) < 4.78 is 15.6. The van der Waals surface area contributed by atoms with E-state index in [-0.39, 0.29) is 17.0 Å². The molecular formula is C18H13NO6S2. The smallest absolute Gasteiger partial charge is 0.337 e. The third-order valence-corrected chi connectivity index (χ3v) is 4.76. The molecule has 7 nitrogen and oxygen atoms in total. The molecule has 3 rings (SSSR count). The minimum Gasteiger partial charge on any atom is -0.465 e. The Kier molecular flexibility index (Phi) is 5.43. The number of thioether (sulfide) groups is 1. The standard InChI is InChI=1S/C18H13NO6S2/c1-23-16(21)10-5-9(6-11(7-10)17(22)24-2)13-4-3-12(25-13)8-14-15(20)19-18(26)27-14/h3-8H,1-2H3,(H,19,20,26). The molecule has 0 atom stereocenters. The Balaban J connectivity index is 1.99. The van der Waals surface area contributed by atoms with Gasteiger partial charge in [-0.1, -0.05) is 24.0 Å². The molecule has 2 aromatic rings. The van der Waals surface area contributed by atoms with Crippen LogP contribution in [0.1, 0.15) is 26.5 Å². The van der Waals surface area contributed by atoms with E-state index >= 15 is 0 Å². The van der Waals surface area contributed by atoms with Crippen molar-refractivity contribution in [1.29, 1.82) is 0 Å². The molecule has 0 saturated carbocycles. The zero-order valence-corrected chi connectivity index (χ0v) is 15.9. The zero-order valence-electron chi connectivity index (χ0n) is 14.2. The Morgan fingerprint density at radius 2 is 1.74 bits per heavy atom. The number of ether oxygens (including phenoxy) is 2. The summed E-state index contributed by atoms with van der Waals surface area (Å²) in [6, 6.07) is 7.80. The van der Waals surface area contributed by atoms with Crippen molar-refractivity contribution in [3.63, 3.8) is 0 Å². The molecule has 2 heterocycles. The van der Waals surface area contributed by atoms with Gasteiger partial charge in [-0.3, -0.25) is 4.79 Å². The molecule has 1 aliphatic rings. The second-order valence-corrected chi connectivity index (χ2v) is 7.06. The van der Waals surface area contributed by atoms with E-state index in [2.05, 4.69) is 5.32 Å². The SMILES string of the molecule is COC(=O)c1cc(C(=O)OC)cc(-c2ccc(C=C3SC(=S)NC3=O)o2)c1. The van der Waals surface area contributed by atoms with Gasteiger partial charge in [-0.25, -0.2) is 9.59 Å². The first kappa shape index (κ1) is 18.9. The van der Waals surface area contributed by atoms with Crippen molar-refractivity contribution in [1.82, 2.24) is 5.32 Å². The van der Waals surface area contributed by atoms with Gasteiger partial charge in [0, 0.05) is 11.6 Å². The quantitative estimate of drug-likeness (QED) is 0.473. The van der Waals surface area contributed by atoms with E-state index < -0.39 is 11.9 Å². The highest BCUT2D eigenvalue weighted by molar-refractivity contribution is 8.26. The molecule has 0 aliphatic carbocycles. The van der Waals surface area contributed by atoms with Crippen molar-refractivity contribution in [2.45, 2.75) is 0 Å². The van der Waals surface area contributed by atoms with Crippen LogP contribution in [0.4, 0.5) is 0 Å². The maximum absolute atomic E-state index is 11.9. The first-order chi connectivity index (χ1) is 12.9. The number of furan rings is 1. The highest BCUT2D eigenvalue weighted by atomic mass is 32.2. The lowest BCUT2D eigenvalue weighted by Gasteiger charge is -2.06. The lowest BCUT2D eigenvalue weighted by atomic mass is 10.0. The van der Waals surface area contributed by atoms with Gasteiger partial charge in [0.05, 0.1) is 30.3 Å². The first-order valence-corrected chi connectivity index (χ1v) is 8.80. The van der Waals surface area contributed by atoms with Gasteiger partial charge in [0.2, 0.25) is 0 Å². The number of nitrogens with one attached hydrogen (secondary N) is 1. The van der Waals surface area contributed by atoms with Crippen molar-refractivity contribution in [3.8, 4) is 11.3 Å². The number of hydrogen-bond donors (Lipinski definition) is 1. The maximum Gasteiger partial charge on any atom is 0.337 e. The molecule has 1 saturated heterocycles. The molecule has 0 bridgehead atoms. The first-order valence-electron chi connectivity index (χ1n) is 7.58. The Labute approximate surface area is 163 Å². The fraction of sp³-hybridized carbons (Fsp3) is 0.111. The molecule has 138 valence electrons. The summed E-state index contributed by atoms with van der Waals surface area (Å²) in [5.74, 6) is -0.644. The van der Waals surface area contributed by atoms with Crippen molar-refractivity contribution in [2.75, 3.05) is 14.2 Å². The minimum absolute atomic E-state index is 0.183. The average molecular weight is 403 g/mol. The van der Waals surface area contributed by atoms with Crippen LogP contribution in [0.2, 0.25) is 0 Å². The number of methoxy groups -OCH3 is 2. The fourth-order valence-corrected chi connectivity index (χ4v) is 3.40. The summed E-state index contributed by atoms with van der Waals surface area (Å²) >= 11 is 6.09. The molecular weight excluding hydrogens is 390 g/mol. The number of hydrogen-bond acceptors (Lipinski definition) is 8. The third-order valence-electron chi connectivity index (χ3n) is 3.60. The second kappa shape index (κ2) is 7.77. The summed E-state index contributed by atoms with van der Waals surface area (Å²) in [5.41, 5.74) is 0.854. The van der Waals surface area contributed by atoms with Gasteiger partial charge in [-0.2, -0.15) is 0 Å². The molecule has 1 aromatic carbocycles. The Morgan fingerprint density at radius 1 is 1.11 bits per heavy atom. The van der Waals surface area contributed by atoms with Gasteiger partial charge in [-0.15, -0.1) is 0 Å². The summed E-state index contributed by atoms with van der Waals surface area (Å²) in [6.07, 6.45) is 1.56. The molecule has 1 fully saturated rings. The average Bonchev–Trinajstić information content (AvgIpc) is 3.26. The van der Waals surface area contributed by atoms with E-state index in [9.17, 15) is 14.4 Å². The van der Waals surface area contributed by atoms with Crippen LogP contribution in [0.15, 0.2) is 39.7 Å². The largest absolute Gasteiger partial charge is 0.465 e. The number of carbonyl (C=O) groups is 3. The number of amides is 1. The van der Waals surface area contributed by atoms with E-state index in [4.69, 9.17) is 26.1 Å². The summed E-state index contributed by atoms with van der Waals surface area (Å²) in [5, 5.41) is 2.52. The van der Waals surface area contributed by atoms with E-state index in [1.807, 2.05) is 0 Å². The number of benzene rings is 1. The predicted octanol–water partition coefficient (Wildman–Crippen LogP) is 3.01. The van der Waals surface area contributed by atoms with Gasteiger partial charge >= 0.3 is 11.9 Å². The van der Waals surface area contributed by atoms with Crippen LogP contribution in [-0.4, -0.2) is 36.4 Å². The summed E-state index contributed by atoms with van der Waals surface area (Å²) in [4.78, 5) is 35.9. The molecule has 9 heteroatoms. The molecule has 1 aliphatic heterocycles. The van der Waals surface area contributed by atoms with Crippen LogP contribution >= 0.6 is 24.0 Å². The van der Waals surface area contributed by atoms with Crippen molar-refractivity contribution < 1.29 is 28.3 Å². The van der Waals surface area contributed by atoms with Crippen molar-refractivity contribution in [2.24, 2.45) is 0 Å². The topological polar surface area (TPSA) is 94.8 Å². The molecule has 0 unspecified atom stereocenters. The molecule has 1 amide bonds. The Bertz CT molecular complexity index is 957. The maximum atomic E-state index is 11.9. The number of rotatable bonds is 4. The van der Waals surface area contributed by atoms with Crippen molar-refractivity contribution >= 4 is 52.2 Å². The van der Waals surface area contributed by atoms with Crippen LogP contribution in [0.3, 0.4) is 0 Å². The van der Waals surface area contributed by atoms with E-state index in [0.717, 1.165) is 11.8 Å². The zero-order chi connectivity index (χ0) is 19.6. The van der Waals surface area contributed by atoms with Crippen LogP contribution in [0, 0.1) is 0 Å². The fourth-order valence-electron chi connectivity index (χ4n) is 2.38. The van der Waals surface area contributed by atoms with Gasteiger partial charge in [0.15, 0.2) is 0 Å². The molecule has 1 N–H and O–H groups in total. The second-order valence-electron chi connectivity index (χ2n) is 5.34. The minimum atomic E-state index is -0.594. The lowest BCUT2D eigenvalue weighted by Crippen LogP contribution is -2.17. The van der Waals surface area contributed by atoms with Gasteiger partial charge in [0.1, 0.15) is 15.8 Å². The van der Waals surface area contributed by atoms with Crippen LogP contribution in [-0.2, 0) is 14.3 Å². The van der Waals surface area contributed by atoms with Crippen LogP contribution in [0.25, 0.3) is 17.4 Å². The number of carbonyl (C=O) groups excluding carboxylic acids is 3. The highest BCUT2D eigenvalue weighted by Gasteiger charge is 2.23. The summed E-state index contributed by atoms with van der Waals surface area (Å²) in [6.45, 7) is 0. The number of esters is 2. The van der Waals surface area contributed by atoms with E-state index in [1.54, 1.807) is 30.3 Å². The van der Waals surface area contributed by atoms with Gasteiger partial charge in [0.25, 0.3) is 5.91 Å². The highest BCUT2D eigenvalue weighted by Crippen LogP contribution is 2.30. The monoisotopic (exact) mass is 403 g/mol. The predicted molar refractivity (Wildman–Crippen MR) is 103 cm³/mol. The van der Waals surface area contributed by atoms with Crippen LogP contribution in [0.5, 0.6) is 0 Å². The van der Waals surface area contributed by atoms with Crippen molar-refractivity contribution in [3.05, 3.63) is 52.1 Å². The Morgan fingerprint density at radius 3 is 2.26 bits per heavy atom. The molecule has 27 heavy (non-hydrogen) atoms.